The maximum Gasteiger partial charge on any atom is 0.354 e. The largest absolute Gasteiger partial charge is 0.477 e. The van der Waals surface area contributed by atoms with E-state index in [2.05, 4.69) is 26.7 Å². The molecule has 0 aliphatic rings. The van der Waals surface area contributed by atoms with Gasteiger partial charge in [0.2, 0.25) is 0 Å². The standard InChI is InChI=1S/C28H20N4O2/c1-32-24-12-6-10-20(26(24)31-27(32)21-11-5-9-18-13-14-29-25(18)21)22-15-19(16-23(30-22)28(33)34)17-7-3-2-4-8-17/h2-16,29H,1H3,(H,33,34). The van der Waals surface area contributed by atoms with Crippen LogP contribution in [0.3, 0.4) is 0 Å². The molecule has 0 bridgehead atoms. The van der Waals surface area contributed by atoms with Crippen LogP contribution in [0.1, 0.15) is 10.5 Å². The molecule has 6 heteroatoms. The van der Waals surface area contributed by atoms with E-state index in [-0.39, 0.29) is 5.69 Å². The summed E-state index contributed by atoms with van der Waals surface area (Å²) in [5.41, 5.74) is 6.85. The second-order valence-corrected chi connectivity index (χ2v) is 8.21. The maximum atomic E-state index is 11.9. The third-order valence-electron chi connectivity index (χ3n) is 6.17. The minimum atomic E-state index is -1.06. The minimum absolute atomic E-state index is 0.000615. The molecule has 3 aromatic carbocycles. The number of carboxylic acids is 1. The molecule has 6 rings (SSSR count). The number of fused-ring (bicyclic) bond motifs is 2. The molecule has 34 heavy (non-hydrogen) atoms. The van der Waals surface area contributed by atoms with Crippen molar-refractivity contribution in [1.82, 2.24) is 19.5 Å². The quantitative estimate of drug-likeness (QED) is 0.342. The highest BCUT2D eigenvalue weighted by molar-refractivity contribution is 5.98. The summed E-state index contributed by atoms with van der Waals surface area (Å²) in [6.07, 6.45) is 1.93. The molecule has 0 aliphatic carbocycles. The molecular formula is C28H20N4O2. The number of imidazole rings is 1. The Balaban J connectivity index is 1.59. The van der Waals surface area contributed by atoms with Crippen LogP contribution in [-0.2, 0) is 7.05 Å². The monoisotopic (exact) mass is 444 g/mol. The van der Waals surface area contributed by atoms with E-state index in [1.165, 1.54) is 0 Å². The van der Waals surface area contributed by atoms with Crippen molar-refractivity contribution in [2.24, 2.45) is 7.05 Å². The van der Waals surface area contributed by atoms with Gasteiger partial charge in [-0.3, -0.25) is 0 Å². The first kappa shape index (κ1) is 19.9. The topological polar surface area (TPSA) is 83.8 Å². The first-order valence-corrected chi connectivity index (χ1v) is 10.9. The number of aromatic nitrogens is 4. The van der Waals surface area contributed by atoms with Gasteiger partial charge in [-0.25, -0.2) is 14.8 Å². The number of pyridine rings is 1. The molecule has 2 N–H and O–H groups in total. The predicted octanol–water partition coefficient (Wildman–Crippen LogP) is 6.15. The summed E-state index contributed by atoms with van der Waals surface area (Å²) >= 11 is 0. The first-order valence-electron chi connectivity index (χ1n) is 10.9. The number of aryl methyl sites for hydroxylation is 1. The first-order chi connectivity index (χ1) is 16.6. The van der Waals surface area contributed by atoms with Gasteiger partial charge in [0.15, 0.2) is 0 Å². The van der Waals surface area contributed by atoms with Crippen LogP contribution >= 0.6 is 0 Å². The summed E-state index contributed by atoms with van der Waals surface area (Å²) in [5, 5.41) is 10.9. The van der Waals surface area contributed by atoms with Crippen LogP contribution in [0.4, 0.5) is 0 Å². The van der Waals surface area contributed by atoms with Gasteiger partial charge in [-0.15, -0.1) is 0 Å². The lowest BCUT2D eigenvalue weighted by molar-refractivity contribution is 0.0690. The molecule has 0 saturated heterocycles. The number of hydrogen-bond acceptors (Lipinski definition) is 3. The van der Waals surface area contributed by atoms with Crippen LogP contribution in [0.15, 0.2) is 91.1 Å². The van der Waals surface area contributed by atoms with Crippen LogP contribution in [0.5, 0.6) is 0 Å². The predicted molar refractivity (Wildman–Crippen MR) is 134 cm³/mol. The molecule has 164 valence electrons. The van der Waals surface area contributed by atoms with E-state index in [1.54, 1.807) is 6.07 Å². The average molecular weight is 444 g/mol. The van der Waals surface area contributed by atoms with Crippen molar-refractivity contribution in [3.05, 3.63) is 96.8 Å². The van der Waals surface area contributed by atoms with Gasteiger partial charge in [0.05, 0.1) is 22.2 Å². The summed E-state index contributed by atoms with van der Waals surface area (Å²) in [4.78, 5) is 24.7. The molecule has 0 aliphatic heterocycles. The summed E-state index contributed by atoms with van der Waals surface area (Å²) in [6.45, 7) is 0. The van der Waals surface area contributed by atoms with Crippen molar-refractivity contribution in [1.29, 1.82) is 0 Å². The van der Waals surface area contributed by atoms with Crippen LogP contribution in [-0.4, -0.2) is 30.6 Å². The van der Waals surface area contributed by atoms with Crippen molar-refractivity contribution in [2.75, 3.05) is 0 Å². The lowest BCUT2D eigenvalue weighted by atomic mass is 10.0. The minimum Gasteiger partial charge on any atom is -0.477 e. The van der Waals surface area contributed by atoms with E-state index in [9.17, 15) is 9.90 Å². The Morgan fingerprint density at radius 1 is 0.853 bits per heavy atom. The van der Waals surface area contributed by atoms with E-state index in [0.29, 0.717) is 5.69 Å². The molecule has 6 aromatic rings. The number of rotatable bonds is 4. The van der Waals surface area contributed by atoms with Crippen molar-refractivity contribution < 1.29 is 9.90 Å². The SMILES string of the molecule is Cn1c(-c2cccc3cc[nH]c23)nc2c(-c3cc(-c4ccccc4)cc(C(=O)O)n3)cccc21. The van der Waals surface area contributed by atoms with Gasteiger partial charge in [-0.05, 0) is 41.5 Å². The van der Waals surface area contributed by atoms with Gasteiger partial charge >= 0.3 is 5.97 Å². The smallest absolute Gasteiger partial charge is 0.354 e. The Morgan fingerprint density at radius 2 is 1.65 bits per heavy atom. The Kier molecular flexibility index (Phi) is 4.52. The third-order valence-corrected chi connectivity index (χ3v) is 6.17. The highest BCUT2D eigenvalue weighted by Gasteiger charge is 2.18. The molecular weight excluding hydrogens is 424 g/mol. The third kappa shape index (κ3) is 3.16. The van der Waals surface area contributed by atoms with E-state index >= 15 is 0 Å². The van der Waals surface area contributed by atoms with E-state index < -0.39 is 5.97 Å². The number of aromatic amines is 1. The number of hydrogen-bond donors (Lipinski definition) is 2. The fourth-order valence-corrected chi connectivity index (χ4v) is 4.51. The number of para-hydroxylation sites is 2. The zero-order chi connectivity index (χ0) is 23.2. The fourth-order valence-electron chi connectivity index (χ4n) is 4.51. The molecule has 0 atom stereocenters. The molecule has 0 saturated carbocycles. The number of benzene rings is 3. The molecule has 3 heterocycles. The van der Waals surface area contributed by atoms with Crippen LogP contribution < -0.4 is 0 Å². The molecule has 0 fully saturated rings. The lowest BCUT2D eigenvalue weighted by Gasteiger charge is -2.08. The van der Waals surface area contributed by atoms with E-state index in [0.717, 1.165) is 50.0 Å². The molecule has 3 aromatic heterocycles. The second kappa shape index (κ2) is 7.71. The molecule has 0 unspecified atom stereocenters. The second-order valence-electron chi connectivity index (χ2n) is 8.21. The Labute approximate surface area is 195 Å². The zero-order valence-corrected chi connectivity index (χ0v) is 18.4. The maximum absolute atomic E-state index is 11.9. The van der Waals surface area contributed by atoms with Gasteiger partial charge in [0.25, 0.3) is 0 Å². The van der Waals surface area contributed by atoms with Gasteiger partial charge in [0, 0.05) is 29.8 Å². The molecule has 0 amide bonds. The number of carbonyl (C=O) groups is 1. The summed E-state index contributed by atoms with van der Waals surface area (Å²) in [5.74, 6) is -0.237. The zero-order valence-electron chi connectivity index (χ0n) is 18.4. The Morgan fingerprint density at radius 3 is 2.47 bits per heavy atom. The van der Waals surface area contributed by atoms with Crippen molar-refractivity contribution in [3.63, 3.8) is 0 Å². The lowest BCUT2D eigenvalue weighted by Crippen LogP contribution is -2.02. The summed E-state index contributed by atoms with van der Waals surface area (Å²) in [6, 6.07) is 27.4. The number of aromatic carboxylic acids is 1. The number of carboxylic acid groups (broad SMARTS) is 1. The Hall–Kier alpha value is -4.71. The molecule has 0 spiro atoms. The van der Waals surface area contributed by atoms with Crippen LogP contribution in [0.2, 0.25) is 0 Å². The summed E-state index contributed by atoms with van der Waals surface area (Å²) in [7, 11) is 1.99. The normalized spacial score (nSPS) is 11.3. The fraction of sp³-hybridized carbons (Fsp3) is 0.0357. The van der Waals surface area contributed by atoms with E-state index in [1.807, 2.05) is 80.0 Å². The summed E-state index contributed by atoms with van der Waals surface area (Å²) < 4.78 is 2.06. The van der Waals surface area contributed by atoms with Gasteiger partial charge in [0.1, 0.15) is 11.5 Å². The average Bonchev–Trinajstić information content (AvgIpc) is 3.49. The van der Waals surface area contributed by atoms with Crippen molar-refractivity contribution in [3.8, 4) is 33.8 Å². The number of nitrogens with zero attached hydrogens (tertiary/aromatic N) is 3. The van der Waals surface area contributed by atoms with Crippen LogP contribution in [0, 0.1) is 0 Å². The molecule has 0 radical (unpaired) electrons. The Bertz CT molecular complexity index is 1700. The number of H-pyrrole nitrogens is 1. The van der Waals surface area contributed by atoms with Crippen molar-refractivity contribution in [2.45, 2.75) is 0 Å². The highest BCUT2D eigenvalue weighted by atomic mass is 16.4. The van der Waals surface area contributed by atoms with Gasteiger partial charge < -0.3 is 14.7 Å². The van der Waals surface area contributed by atoms with Crippen molar-refractivity contribution >= 4 is 27.9 Å². The van der Waals surface area contributed by atoms with E-state index in [4.69, 9.17) is 4.98 Å². The number of nitrogens with one attached hydrogen (secondary N) is 1. The van der Waals surface area contributed by atoms with Gasteiger partial charge in [-0.1, -0.05) is 54.6 Å². The molecule has 6 nitrogen and oxygen atoms in total. The van der Waals surface area contributed by atoms with Gasteiger partial charge in [-0.2, -0.15) is 0 Å². The van der Waals surface area contributed by atoms with Crippen LogP contribution in [0.25, 0.3) is 55.7 Å². The highest BCUT2D eigenvalue weighted by Crippen LogP contribution is 2.34.